The maximum Gasteiger partial charge on any atom is 0.309 e. The quantitative estimate of drug-likeness (QED) is 0.464. The van der Waals surface area contributed by atoms with Crippen LogP contribution < -0.4 is 0 Å². The molecule has 2 rings (SSSR count). The van der Waals surface area contributed by atoms with Crippen LogP contribution in [0.3, 0.4) is 0 Å². The molecule has 2 aliphatic heterocycles. The molecule has 0 spiro atoms. The Bertz CT molecular complexity index is 368. The van der Waals surface area contributed by atoms with Crippen molar-refractivity contribution in [2.24, 2.45) is 0 Å². The molecule has 2 heterocycles. The molecule has 1 N–H and O–H groups in total. The first-order valence-electron chi connectivity index (χ1n) is 8.48. The maximum atomic E-state index is 11.9. The van der Waals surface area contributed by atoms with Crippen molar-refractivity contribution >= 4 is 5.97 Å². The summed E-state index contributed by atoms with van der Waals surface area (Å²) in [4.78, 5) is 11.9. The lowest BCUT2D eigenvalue weighted by Crippen LogP contribution is -2.31. The van der Waals surface area contributed by atoms with Gasteiger partial charge in [0.15, 0.2) is 0 Å². The van der Waals surface area contributed by atoms with E-state index < -0.39 is 6.10 Å². The molecular weight excluding hydrogens is 284 g/mol. The highest BCUT2D eigenvalue weighted by molar-refractivity contribution is 5.70. The van der Waals surface area contributed by atoms with Crippen molar-refractivity contribution in [1.29, 1.82) is 0 Å². The molecule has 2 aliphatic rings. The molecule has 0 aromatic heterocycles. The predicted octanol–water partition coefficient (Wildman–Crippen LogP) is 2.71. The fraction of sp³-hybridized carbons (Fsp3) is 0.824. The summed E-state index contributed by atoms with van der Waals surface area (Å²) >= 11 is 0. The summed E-state index contributed by atoms with van der Waals surface area (Å²) in [7, 11) is 0. The summed E-state index contributed by atoms with van der Waals surface area (Å²) in [6.07, 6.45) is 9.59. The molecular formula is C17H28O5. The number of fused-ring (bicyclic) bond motifs is 1. The van der Waals surface area contributed by atoms with Crippen molar-refractivity contribution < 1.29 is 24.1 Å². The van der Waals surface area contributed by atoms with E-state index in [4.69, 9.17) is 14.2 Å². The molecule has 0 amide bonds. The molecule has 0 bridgehead atoms. The van der Waals surface area contributed by atoms with E-state index in [9.17, 15) is 9.90 Å². The van der Waals surface area contributed by atoms with Crippen LogP contribution >= 0.6 is 0 Å². The van der Waals surface area contributed by atoms with Crippen LogP contribution in [0.4, 0.5) is 0 Å². The molecule has 22 heavy (non-hydrogen) atoms. The Hall–Kier alpha value is -0.910. The molecule has 5 nitrogen and oxygen atoms in total. The van der Waals surface area contributed by atoms with Gasteiger partial charge in [-0.25, -0.2) is 0 Å². The number of unbranched alkanes of at least 4 members (excludes halogenated alkanes) is 4. The molecule has 5 heteroatoms. The molecule has 1 saturated heterocycles. The van der Waals surface area contributed by atoms with Gasteiger partial charge in [-0.3, -0.25) is 4.79 Å². The van der Waals surface area contributed by atoms with Gasteiger partial charge in [-0.1, -0.05) is 44.8 Å². The van der Waals surface area contributed by atoms with Crippen LogP contribution in [0.2, 0.25) is 0 Å². The Morgan fingerprint density at radius 3 is 2.82 bits per heavy atom. The van der Waals surface area contributed by atoms with Crippen LogP contribution in [0.15, 0.2) is 12.2 Å². The molecule has 0 aliphatic carbocycles. The minimum absolute atomic E-state index is 0.00107. The van der Waals surface area contributed by atoms with Crippen molar-refractivity contribution in [2.45, 2.75) is 82.7 Å². The minimum Gasteiger partial charge on any atom is -0.462 e. The lowest BCUT2D eigenvalue weighted by molar-refractivity contribution is -0.152. The second kappa shape index (κ2) is 9.28. The van der Waals surface area contributed by atoms with E-state index in [1.807, 2.05) is 0 Å². The largest absolute Gasteiger partial charge is 0.462 e. The van der Waals surface area contributed by atoms with E-state index in [1.54, 1.807) is 12.2 Å². The Labute approximate surface area is 132 Å². The van der Waals surface area contributed by atoms with Crippen molar-refractivity contribution in [2.75, 3.05) is 6.79 Å². The van der Waals surface area contributed by atoms with Crippen LogP contribution in [0.25, 0.3) is 0 Å². The molecule has 0 radical (unpaired) electrons. The van der Waals surface area contributed by atoms with Gasteiger partial charge in [-0.05, 0) is 12.8 Å². The lowest BCUT2D eigenvalue weighted by Gasteiger charge is -2.24. The SMILES string of the molecule is CCCCCCC[C@@H]1C[C@@H]2OCO[C@@H]2/C=C/[C@@H](O)CC(=O)O1. The first-order chi connectivity index (χ1) is 10.7. The number of hydrogen-bond donors (Lipinski definition) is 1. The van der Waals surface area contributed by atoms with Gasteiger partial charge in [-0.2, -0.15) is 0 Å². The average Bonchev–Trinajstić information content (AvgIpc) is 2.91. The first-order valence-corrected chi connectivity index (χ1v) is 8.48. The van der Waals surface area contributed by atoms with Gasteiger partial charge in [0.2, 0.25) is 0 Å². The van der Waals surface area contributed by atoms with Gasteiger partial charge in [0.1, 0.15) is 19.0 Å². The summed E-state index contributed by atoms with van der Waals surface area (Å²) < 4.78 is 16.6. The Morgan fingerprint density at radius 1 is 1.18 bits per heavy atom. The standard InChI is InChI=1S/C17H28O5/c1-2-3-4-5-6-7-14-11-16-15(20-12-21-16)9-8-13(18)10-17(19)22-14/h8-9,13-16,18H,2-7,10-12H2,1H3/b9-8+/t13-,14-,15-,16+/m1/s1. The van der Waals surface area contributed by atoms with Crippen LogP contribution in [-0.4, -0.2) is 42.3 Å². The highest BCUT2D eigenvalue weighted by atomic mass is 16.7. The van der Waals surface area contributed by atoms with E-state index >= 15 is 0 Å². The number of aliphatic hydroxyl groups excluding tert-OH is 1. The number of hydrogen-bond acceptors (Lipinski definition) is 5. The second-order valence-electron chi connectivity index (χ2n) is 6.16. The molecule has 126 valence electrons. The highest BCUT2D eigenvalue weighted by Crippen LogP contribution is 2.24. The molecule has 1 fully saturated rings. The van der Waals surface area contributed by atoms with Crippen molar-refractivity contribution in [1.82, 2.24) is 0 Å². The number of ether oxygens (including phenoxy) is 3. The first kappa shape index (κ1) is 17.4. The van der Waals surface area contributed by atoms with Crippen LogP contribution in [0.5, 0.6) is 0 Å². The molecule has 0 aromatic rings. The van der Waals surface area contributed by atoms with Gasteiger partial charge in [0.25, 0.3) is 0 Å². The summed E-state index contributed by atoms with van der Waals surface area (Å²) in [6, 6.07) is 0. The third-order valence-corrected chi connectivity index (χ3v) is 4.23. The molecule has 0 saturated carbocycles. The summed E-state index contributed by atoms with van der Waals surface area (Å²) in [5.74, 6) is -0.340. The smallest absolute Gasteiger partial charge is 0.309 e. The van der Waals surface area contributed by atoms with Crippen LogP contribution in [0, 0.1) is 0 Å². The second-order valence-corrected chi connectivity index (χ2v) is 6.16. The third-order valence-electron chi connectivity index (χ3n) is 4.23. The normalized spacial score (nSPS) is 34.0. The zero-order valence-corrected chi connectivity index (χ0v) is 13.4. The number of cyclic esters (lactones) is 1. The van der Waals surface area contributed by atoms with Crippen LogP contribution in [0.1, 0.15) is 58.3 Å². The fourth-order valence-electron chi connectivity index (χ4n) is 2.96. The van der Waals surface area contributed by atoms with Gasteiger partial charge in [0, 0.05) is 6.42 Å². The van der Waals surface area contributed by atoms with E-state index in [2.05, 4.69) is 6.92 Å². The van der Waals surface area contributed by atoms with Gasteiger partial charge < -0.3 is 19.3 Å². The average molecular weight is 312 g/mol. The van der Waals surface area contributed by atoms with E-state index in [0.29, 0.717) is 6.42 Å². The lowest BCUT2D eigenvalue weighted by atomic mass is 9.99. The Morgan fingerprint density at radius 2 is 2.00 bits per heavy atom. The number of carbonyl (C=O) groups excluding carboxylic acids is 1. The van der Waals surface area contributed by atoms with E-state index in [1.165, 1.54) is 19.3 Å². The zero-order valence-electron chi connectivity index (χ0n) is 13.4. The molecule has 4 atom stereocenters. The van der Waals surface area contributed by atoms with Gasteiger partial charge in [-0.15, -0.1) is 0 Å². The van der Waals surface area contributed by atoms with Crippen molar-refractivity contribution in [3.63, 3.8) is 0 Å². The van der Waals surface area contributed by atoms with Crippen LogP contribution in [-0.2, 0) is 19.0 Å². The van der Waals surface area contributed by atoms with Gasteiger partial charge in [0.05, 0.1) is 18.6 Å². The summed E-state index contributed by atoms with van der Waals surface area (Å²) in [6.45, 7) is 2.45. The monoisotopic (exact) mass is 312 g/mol. The third kappa shape index (κ3) is 5.71. The number of carbonyl (C=O) groups is 1. The van der Waals surface area contributed by atoms with Crippen molar-refractivity contribution in [3.05, 3.63) is 12.2 Å². The maximum absolute atomic E-state index is 11.9. The number of aliphatic hydroxyl groups is 1. The van der Waals surface area contributed by atoms with E-state index in [0.717, 1.165) is 19.3 Å². The zero-order chi connectivity index (χ0) is 15.8. The fourth-order valence-corrected chi connectivity index (χ4v) is 2.96. The summed E-state index contributed by atoms with van der Waals surface area (Å²) in [5.41, 5.74) is 0. The topological polar surface area (TPSA) is 65.0 Å². The minimum atomic E-state index is -0.819. The number of rotatable bonds is 6. The van der Waals surface area contributed by atoms with Crippen molar-refractivity contribution in [3.8, 4) is 0 Å². The van der Waals surface area contributed by atoms with E-state index in [-0.39, 0.29) is 37.5 Å². The summed E-state index contributed by atoms with van der Waals surface area (Å²) in [5, 5.41) is 9.80. The number of esters is 1. The predicted molar refractivity (Wildman–Crippen MR) is 82.2 cm³/mol. The molecule has 0 unspecified atom stereocenters. The highest BCUT2D eigenvalue weighted by Gasteiger charge is 2.32. The Balaban J connectivity index is 1.89. The van der Waals surface area contributed by atoms with Gasteiger partial charge >= 0.3 is 5.97 Å². The Kier molecular flexibility index (Phi) is 7.36. The molecule has 0 aromatic carbocycles.